The molecule has 21 heavy (non-hydrogen) atoms. The molecule has 5 nitrogen and oxygen atoms in total. The van der Waals surface area contributed by atoms with E-state index >= 15 is 0 Å². The van der Waals surface area contributed by atoms with Crippen molar-refractivity contribution in [2.45, 2.75) is 51.5 Å². The van der Waals surface area contributed by atoms with Crippen LogP contribution in [0.2, 0.25) is 0 Å². The zero-order valence-electron chi connectivity index (χ0n) is 12.8. The molecule has 0 amide bonds. The number of nitrogens with zero attached hydrogens (tertiary/aromatic N) is 3. The van der Waals surface area contributed by atoms with Crippen LogP contribution in [0.4, 0.5) is 0 Å². The molecule has 0 aromatic carbocycles. The van der Waals surface area contributed by atoms with Crippen LogP contribution in [0.25, 0.3) is 0 Å². The lowest BCUT2D eigenvalue weighted by molar-refractivity contribution is 0.196. The van der Waals surface area contributed by atoms with Crippen molar-refractivity contribution >= 4 is 0 Å². The molecule has 1 unspecified atom stereocenters. The molecule has 114 valence electrons. The van der Waals surface area contributed by atoms with Gasteiger partial charge in [-0.2, -0.15) is 5.10 Å². The van der Waals surface area contributed by atoms with Gasteiger partial charge in [-0.25, -0.2) is 4.98 Å². The van der Waals surface area contributed by atoms with Gasteiger partial charge >= 0.3 is 0 Å². The Hall–Kier alpha value is -1.62. The number of aryl methyl sites for hydroxylation is 1. The summed E-state index contributed by atoms with van der Waals surface area (Å²) in [5.74, 6) is 1.72. The van der Waals surface area contributed by atoms with E-state index in [9.17, 15) is 0 Å². The number of nitrogens with one attached hydrogen (secondary N) is 2. The Kier molecular flexibility index (Phi) is 4.70. The van der Waals surface area contributed by atoms with Gasteiger partial charge in [-0.05, 0) is 31.9 Å². The number of rotatable bonds is 6. The minimum Gasteiger partial charge on any atom is -0.345 e. The van der Waals surface area contributed by atoms with Gasteiger partial charge in [0.1, 0.15) is 5.82 Å². The molecule has 1 atom stereocenters. The van der Waals surface area contributed by atoms with Gasteiger partial charge < -0.3 is 4.98 Å². The highest BCUT2D eigenvalue weighted by Crippen LogP contribution is 2.25. The molecule has 0 spiro atoms. The molecule has 2 N–H and O–H groups in total. The van der Waals surface area contributed by atoms with E-state index in [0.29, 0.717) is 5.92 Å². The first-order valence-corrected chi connectivity index (χ1v) is 8.09. The van der Waals surface area contributed by atoms with E-state index in [0.717, 1.165) is 25.3 Å². The van der Waals surface area contributed by atoms with Crippen LogP contribution in [0.3, 0.4) is 0 Å². The number of likely N-dealkylation sites (tertiary alicyclic amines) is 1. The zero-order chi connectivity index (χ0) is 14.5. The normalized spacial score (nSPS) is 20.0. The van der Waals surface area contributed by atoms with Gasteiger partial charge in [-0.15, -0.1) is 0 Å². The van der Waals surface area contributed by atoms with Gasteiger partial charge in [0.25, 0.3) is 0 Å². The molecule has 0 radical (unpaired) electrons. The summed E-state index contributed by atoms with van der Waals surface area (Å²) in [6, 6.07) is 2.10. The Bertz CT molecular complexity index is 531. The van der Waals surface area contributed by atoms with E-state index in [1.165, 1.54) is 43.6 Å². The number of aromatic amines is 2. The van der Waals surface area contributed by atoms with Gasteiger partial charge in [0.2, 0.25) is 0 Å². The summed E-state index contributed by atoms with van der Waals surface area (Å²) in [5.41, 5.74) is 2.51. The molecule has 1 fully saturated rings. The van der Waals surface area contributed by atoms with Gasteiger partial charge in [-0.1, -0.05) is 13.3 Å². The minimum absolute atomic E-state index is 0.587. The summed E-state index contributed by atoms with van der Waals surface area (Å²) in [6.07, 6.45) is 9.85. The number of piperidine rings is 1. The average molecular weight is 287 g/mol. The van der Waals surface area contributed by atoms with Crippen LogP contribution < -0.4 is 0 Å². The summed E-state index contributed by atoms with van der Waals surface area (Å²) < 4.78 is 0. The molecule has 0 saturated carbocycles. The number of H-pyrrole nitrogens is 2. The van der Waals surface area contributed by atoms with Crippen molar-refractivity contribution in [3.63, 3.8) is 0 Å². The largest absolute Gasteiger partial charge is 0.345 e. The Morgan fingerprint density at radius 3 is 3.19 bits per heavy atom. The van der Waals surface area contributed by atoms with E-state index in [1.807, 2.05) is 12.4 Å². The van der Waals surface area contributed by atoms with E-state index in [4.69, 9.17) is 0 Å². The quantitative estimate of drug-likeness (QED) is 0.859. The van der Waals surface area contributed by atoms with Gasteiger partial charge in [-0.3, -0.25) is 10.00 Å². The fourth-order valence-corrected chi connectivity index (χ4v) is 3.15. The fraction of sp³-hybridized carbons (Fsp3) is 0.625. The van der Waals surface area contributed by atoms with Crippen molar-refractivity contribution in [1.82, 2.24) is 25.1 Å². The van der Waals surface area contributed by atoms with Crippen LogP contribution in [-0.2, 0) is 13.0 Å². The number of hydrogen-bond acceptors (Lipinski definition) is 3. The number of aromatic nitrogens is 4. The first kappa shape index (κ1) is 14.3. The summed E-state index contributed by atoms with van der Waals surface area (Å²) in [6.45, 7) is 5.47. The molecule has 3 heterocycles. The third kappa shape index (κ3) is 3.73. The Balaban J connectivity index is 1.56. The fourth-order valence-electron chi connectivity index (χ4n) is 3.15. The summed E-state index contributed by atoms with van der Waals surface area (Å²) >= 11 is 0. The van der Waals surface area contributed by atoms with Crippen molar-refractivity contribution in [2.24, 2.45) is 0 Å². The summed E-state index contributed by atoms with van der Waals surface area (Å²) in [7, 11) is 0. The minimum atomic E-state index is 0.587. The highest BCUT2D eigenvalue weighted by atomic mass is 15.2. The van der Waals surface area contributed by atoms with Crippen LogP contribution in [0, 0.1) is 0 Å². The second-order valence-corrected chi connectivity index (χ2v) is 6.04. The second kappa shape index (κ2) is 6.89. The highest BCUT2D eigenvalue weighted by Gasteiger charge is 2.22. The zero-order valence-corrected chi connectivity index (χ0v) is 12.8. The monoisotopic (exact) mass is 287 g/mol. The van der Waals surface area contributed by atoms with E-state index < -0.39 is 0 Å². The Morgan fingerprint density at radius 1 is 1.43 bits per heavy atom. The Labute approximate surface area is 126 Å². The number of imidazole rings is 1. The second-order valence-electron chi connectivity index (χ2n) is 6.04. The standard InChI is InChI=1S/C16H25N5/c1-2-3-6-16-17-10-14(19-16)12-21-9-4-5-13(11-21)15-7-8-18-20-15/h7-8,10,13H,2-6,9,11-12H2,1H3,(H,17,19)(H,18,20). The average Bonchev–Trinajstić information content (AvgIpc) is 3.17. The van der Waals surface area contributed by atoms with Gasteiger partial charge in [0.15, 0.2) is 0 Å². The van der Waals surface area contributed by atoms with E-state index in [-0.39, 0.29) is 0 Å². The van der Waals surface area contributed by atoms with E-state index in [1.54, 1.807) is 0 Å². The third-order valence-electron chi connectivity index (χ3n) is 4.31. The molecule has 0 bridgehead atoms. The highest BCUT2D eigenvalue weighted by molar-refractivity contribution is 5.08. The first-order valence-electron chi connectivity index (χ1n) is 8.09. The van der Waals surface area contributed by atoms with Gasteiger partial charge in [0.05, 0.1) is 0 Å². The molecule has 5 heteroatoms. The van der Waals surface area contributed by atoms with Gasteiger partial charge in [0, 0.05) is 49.2 Å². The van der Waals surface area contributed by atoms with Crippen molar-refractivity contribution in [3.8, 4) is 0 Å². The maximum atomic E-state index is 4.49. The molecule has 2 aromatic heterocycles. The van der Waals surface area contributed by atoms with Crippen molar-refractivity contribution in [3.05, 3.63) is 35.7 Å². The summed E-state index contributed by atoms with van der Waals surface area (Å²) in [5, 5.41) is 7.20. The number of hydrogen-bond donors (Lipinski definition) is 2. The molecule has 1 aliphatic rings. The van der Waals surface area contributed by atoms with Crippen LogP contribution >= 0.6 is 0 Å². The molecular weight excluding hydrogens is 262 g/mol. The predicted molar refractivity (Wildman–Crippen MR) is 83.0 cm³/mol. The molecular formula is C16H25N5. The lowest BCUT2D eigenvalue weighted by atomic mass is 9.95. The van der Waals surface area contributed by atoms with Crippen molar-refractivity contribution in [1.29, 1.82) is 0 Å². The van der Waals surface area contributed by atoms with Crippen LogP contribution in [0.5, 0.6) is 0 Å². The molecule has 0 aliphatic carbocycles. The van der Waals surface area contributed by atoms with Crippen molar-refractivity contribution < 1.29 is 0 Å². The van der Waals surface area contributed by atoms with Crippen molar-refractivity contribution in [2.75, 3.05) is 13.1 Å². The van der Waals surface area contributed by atoms with Crippen LogP contribution in [0.1, 0.15) is 55.7 Å². The number of unbranched alkanes of at least 4 members (excludes halogenated alkanes) is 1. The topological polar surface area (TPSA) is 60.6 Å². The summed E-state index contributed by atoms with van der Waals surface area (Å²) in [4.78, 5) is 10.5. The van der Waals surface area contributed by atoms with E-state index in [2.05, 4.69) is 38.1 Å². The molecule has 1 aliphatic heterocycles. The maximum Gasteiger partial charge on any atom is 0.106 e. The lowest BCUT2D eigenvalue weighted by Gasteiger charge is -2.31. The van der Waals surface area contributed by atoms with Crippen LogP contribution in [-0.4, -0.2) is 38.2 Å². The molecule has 1 saturated heterocycles. The van der Waals surface area contributed by atoms with Crippen LogP contribution in [0.15, 0.2) is 18.5 Å². The SMILES string of the molecule is CCCCc1ncc(CN2CCCC(c3ccn[nH]3)C2)[nH]1. The smallest absolute Gasteiger partial charge is 0.106 e. The lowest BCUT2D eigenvalue weighted by Crippen LogP contribution is -2.34. The first-order chi connectivity index (χ1) is 10.3. The molecule has 3 rings (SSSR count). The predicted octanol–water partition coefficient (Wildman–Crippen LogP) is 2.86. The third-order valence-corrected chi connectivity index (χ3v) is 4.31. The maximum absolute atomic E-state index is 4.49. The Morgan fingerprint density at radius 2 is 2.38 bits per heavy atom. The molecule has 2 aromatic rings.